The highest BCUT2D eigenvalue weighted by Crippen LogP contribution is 2.38. The van der Waals surface area contributed by atoms with E-state index in [-0.39, 0.29) is 49.4 Å². The van der Waals surface area contributed by atoms with Crippen LogP contribution < -0.4 is 29.9 Å². The van der Waals surface area contributed by atoms with Crippen LogP contribution >= 0.6 is 0 Å². The summed E-state index contributed by atoms with van der Waals surface area (Å²) in [6, 6.07) is 33.3. The monoisotopic (exact) mass is 1230 g/mol. The van der Waals surface area contributed by atoms with Crippen LogP contribution in [0.5, 0.6) is 5.75 Å². The number of hydrogen-bond donors (Lipinski definition) is 2. The zero-order valence-corrected chi connectivity index (χ0v) is 55.3. The minimum absolute atomic E-state index is 0.0363. The van der Waals surface area contributed by atoms with Crippen LogP contribution in [0, 0.1) is 0 Å². The first kappa shape index (κ1) is 75.4. The molecule has 1 aliphatic rings. The molecule has 486 valence electrons. The summed E-state index contributed by atoms with van der Waals surface area (Å²) in [4.78, 5) is 59.5. The van der Waals surface area contributed by atoms with E-state index >= 15 is 0 Å². The lowest BCUT2D eigenvalue weighted by atomic mass is 10.1. The number of azo groups is 2. The number of phenolic OH excluding ortho intramolecular Hbond substituents is 1. The number of benzene rings is 5. The first-order chi connectivity index (χ1) is 42.4. The number of hydrazone groups is 1. The first-order valence-electron chi connectivity index (χ1n) is 31.9. The van der Waals surface area contributed by atoms with Crippen molar-refractivity contribution >= 4 is 86.0 Å². The third-order valence-electron chi connectivity index (χ3n) is 15.0. The highest BCUT2D eigenvalue weighted by atomic mass is 16.4. The van der Waals surface area contributed by atoms with E-state index in [1.165, 1.54) is 105 Å². The van der Waals surface area contributed by atoms with Gasteiger partial charge >= 0.3 is 0 Å². The molecule has 3 N–H and O–H groups in total. The fraction of sp³-hybridized carbons (Fsp3) is 0.514. The third-order valence-corrected chi connectivity index (χ3v) is 15.0. The minimum atomic E-state index is -1.10. The lowest BCUT2D eigenvalue weighted by molar-refractivity contribution is -0.307. The highest BCUT2D eigenvalue weighted by molar-refractivity contribution is 6.18. The van der Waals surface area contributed by atoms with E-state index < -0.39 is 18.0 Å². The molecule has 1 heterocycles. The minimum Gasteiger partial charge on any atom is -0.550 e. The Balaban J connectivity index is 0.000000312. The second-order valence-electron chi connectivity index (χ2n) is 24.6. The number of hydrogen-bond acceptors (Lipinski definition) is 14. The molecule has 0 fully saturated rings. The zero-order chi connectivity index (χ0) is 65.8. The predicted molar refractivity (Wildman–Crippen MR) is 360 cm³/mol. The van der Waals surface area contributed by atoms with Crippen LogP contribution in [0.25, 0.3) is 10.8 Å². The third kappa shape index (κ3) is 29.8. The van der Waals surface area contributed by atoms with E-state index in [0.29, 0.717) is 44.6 Å². The Hall–Kier alpha value is -7.90. The van der Waals surface area contributed by atoms with Gasteiger partial charge in [-0.15, -0.1) is 5.11 Å². The normalized spacial score (nSPS) is 13.1. The standard InChI is InChI=1S/C19H22N5O.C19H20N4O.2C16H31NO3/c1-14-18(19(25)23(22-14)16-10-6-5-7-11-16)21-20-15-9-8-12-17(13-15)24(2,3)4;1-23(2,3)16-10-4-13-5-11-18(24)19(17(13)12-16)22-21-15-8-6-14(20)7-9-15;2*1-3-4-5-6-7-8-9-10-11-12-15(18)17(2)14-13-16(19)20/h5-13,18H,1-4H3;4-12H,1-3H3,(H2-,20,21,22,24);2*3-14H2,1-2H3,(H,19,20)/q+1;;;/p-1. The Morgan fingerprint density at radius 2 is 1.03 bits per heavy atom. The molecule has 19 heteroatoms. The summed E-state index contributed by atoms with van der Waals surface area (Å²) in [5, 5.41) is 55.5. The number of carboxylic acids is 2. The van der Waals surface area contributed by atoms with Crippen molar-refractivity contribution in [2.24, 2.45) is 25.6 Å². The quantitative estimate of drug-likeness (QED) is 0.0175. The molecule has 1 aliphatic heterocycles. The summed E-state index contributed by atoms with van der Waals surface area (Å²) < 4.78 is 1.37. The number of carbonyl (C=O) groups excluding carboxylic acids is 5. The van der Waals surface area contributed by atoms with Gasteiger partial charge in [-0.2, -0.15) is 25.5 Å². The van der Waals surface area contributed by atoms with Crippen LogP contribution in [-0.2, 0) is 24.0 Å². The van der Waals surface area contributed by atoms with Gasteiger partial charge in [0.1, 0.15) is 22.8 Å². The van der Waals surface area contributed by atoms with Crippen LogP contribution in [0.3, 0.4) is 0 Å². The number of quaternary nitrogens is 2. The SMILES string of the molecule is CC1=NN(c2ccccc2)C(=O)C1N=Nc1cccc([N+](C)(C)C)c1.CCCCCCCCCCCC(=O)N(C)CCC(=O)[O-].CCCCCCCCCCCC(=O)N(C)CCC(=O)[O-].C[N+](C)(C)c1ccc2ccc(O)c(N=Nc3ccc(N)cc3)c2c1. The van der Waals surface area contributed by atoms with Crippen LogP contribution in [0.2, 0.25) is 0 Å². The summed E-state index contributed by atoms with van der Waals surface area (Å²) in [6.07, 6.45) is 23.0. The number of nitrogen functional groups attached to an aromatic ring is 1. The van der Waals surface area contributed by atoms with Gasteiger partial charge in [0.05, 0.1) is 65.1 Å². The van der Waals surface area contributed by atoms with Crippen molar-refractivity contribution in [1.82, 2.24) is 18.8 Å². The number of carbonyl (C=O) groups is 5. The summed E-state index contributed by atoms with van der Waals surface area (Å²) in [6.45, 7) is 6.74. The summed E-state index contributed by atoms with van der Waals surface area (Å²) in [5.41, 5.74) is 11.8. The Kier molecular flexibility index (Phi) is 34.4. The predicted octanol–water partition coefficient (Wildman–Crippen LogP) is 13.5. The van der Waals surface area contributed by atoms with Crippen molar-refractivity contribution in [1.29, 1.82) is 0 Å². The van der Waals surface area contributed by atoms with Crippen molar-refractivity contribution in [3.8, 4) is 5.75 Å². The first-order valence-corrected chi connectivity index (χ1v) is 31.9. The van der Waals surface area contributed by atoms with Gasteiger partial charge in [0.15, 0.2) is 6.04 Å². The van der Waals surface area contributed by atoms with E-state index in [9.17, 15) is 39.3 Å². The Bertz CT molecular complexity index is 2970. The molecule has 89 heavy (non-hydrogen) atoms. The second kappa shape index (κ2) is 40.6. The maximum atomic E-state index is 12.6. The van der Waals surface area contributed by atoms with Gasteiger partial charge in [-0.25, -0.2) is 0 Å². The average molecular weight is 1230 g/mol. The molecule has 0 saturated carbocycles. The molecule has 5 aromatic rings. The van der Waals surface area contributed by atoms with Gasteiger partial charge in [0.2, 0.25) is 11.8 Å². The molecule has 0 aromatic heterocycles. The molecular formula is C70H103N11O8. The highest BCUT2D eigenvalue weighted by Gasteiger charge is 2.34. The fourth-order valence-corrected chi connectivity index (χ4v) is 9.31. The smallest absolute Gasteiger partial charge is 0.280 e. The Morgan fingerprint density at radius 3 is 1.52 bits per heavy atom. The second-order valence-corrected chi connectivity index (χ2v) is 24.6. The van der Waals surface area contributed by atoms with Crippen molar-refractivity contribution < 1.29 is 39.3 Å². The molecule has 0 bridgehead atoms. The number of para-hydroxylation sites is 1. The number of unbranched alkanes of at least 4 members (excludes halogenated alkanes) is 16. The number of fused-ring (bicyclic) bond motifs is 1. The maximum Gasteiger partial charge on any atom is 0.280 e. The molecule has 5 aromatic carbocycles. The summed E-state index contributed by atoms with van der Waals surface area (Å²) >= 11 is 0. The van der Waals surface area contributed by atoms with Crippen molar-refractivity contribution in [2.75, 3.05) is 80.2 Å². The number of aliphatic carboxylic acids is 2. The average Bonchev–Trinajstić information content (AvgIpc) is 1.64. The van der Waals surface area contributed by atoms with Gasteiger partial charge < -0.3 is 40.4 Å². The van der Waals surface area contributed by atoms with Crippen LogP contribution in [-0.4, -0.2) is 126 Å². The summed E-state index contributed by atoms with van der Waals surface area (Å²) in [7, 11) is 15.9. The van der Waals surface area contributed by atoms with Gasteiger partial charge in [0.25, 0.3) is 5.91 Å². The van der Waals surface area contributed by atoms with Crippen molar-refractivity contribution in [3.63, 3.8) is 0 Å². The molecule has 1 unspecified atom stereocenters. The number of nitrogens with zero attached hydrogens (tertiary/aromatic N) is 10. The van der Waals surface area contributed by atoms with Crippen molar-refractivity contribution in [2.45, 2.75) is 168 Å². The van der Waals surface area contributed by atoms with E-state index in [1.54, 1.807) is 51.4 Å². The zero-order valence-electron chi connectivity index (χ0n) is 55.3. The number of phenols is 1. The lowest BCUT2D eigenvalue weighted by Crippen LogP contribution is -2.34. The van der Waals surface area contributed by atoms with Gasteiger partial charge in [-0.1, -0.05) is 147 Å². The van der Waals surface area contributed by atoms with Crippen LogP contribution in [0.4, 0.5) is 39.8 Å². The number of nitrogens with two attached hydrogens (primary N) is 1. The molecule has 19 nitrogen and oxygen atoms in total. The molecule has 6 rings (SSSR count). The molecule has 1 atom stereocenters. The van der Waals surface area contributed by atoms with Gasteiger partial charge in [0, 0.05) is 88.0 Å². The molecule has 0 aliphatic carbocycles. The largest absolute Gasteiger partial charge is 0.550 e. The fourth-order valence-electron chi connectivity index (χ4n) is 9.31. The maximum absolute atomic E-state index is 12.6. The lowest BCUT2D eigenvalue weighted by Gasteiger charge is -2.23. The van der Waals surface area contributed by atoms with Crippen LogP contribution in [0.15, 0.2) is 135 Å². The number of anilines is 2. The topological polar surface area (TPSA) is 249 Å². The molecule has 3 amide bonds. The summed E-state index contributed by atoms with van der Waals surface area (Å²) in [5.74, 6) is -2.21. The molecule has 0 spiro atoms. The molecular weight excluding hydrogens is 1120 g/mol. The van der Waals surface area contributed by atoms with Gasteiger partial charge in [-0.05, 0) is 91.9 Å². The van der Waals surface area contributed by atoms with E-state index in [4.69, 9.17) is 5.73 Å². The Morgan fingerprint density at radius 1 is 0.562 bits per heavy atom. The number of rotatable bonds is 33. The van der Waals surface area contributed by atoms with E-state index in [2.05, 4.69) is 87.8 Å². The van der Waals surface area contributed by atoms with E-state index in [0.717, 1.165) is 59.2 Å². The molecule has 0 radical (unpaired) electrons. The Labute approximate surface area is 530 Å². The van der Waals surface area contributed by atoms with E-state index in [1.807, 2.05) is 72.8 Å². The van der Waals surface area contributed by atoms with Crippen molar-refractivity contribution in [3.05, 3.63) is 109 Å². The number of carboxylic acid groups (broad SMARTS) is 2. The van der Waals surface area contributed by atoms with Gasteiger partial charge in [-0.3, -0.25) is 23.3 Å². The number of aromatic hydroxyl groups is 1. The van der Waals surface area contributed by atoms with Crippen LogP contribution in [0.1, 0.15) is 162 Å². The molecule has 0 saturated heterocycles. The number of amides is 3.